The number of amides is 1. The Morgan fingerprint density at radius 2 is 1.92 bits per heavy atom. The Balaban J connectivity index is 1.77. The zero-order valence-electron chi connectivity index (χ0n) is 14.0. The number of pyridine rings is 1. The summed E-state index contributed by atoms with van der Waals surface area (Å²) in [4.78, 5) is 16.7. The Morgan fingerprint density at radius 1 is 1.16 bits per heavy atom. The van der Waals surface area contributed by atoms with Crippen molar-refractivity contribution in [3.05, 3.63) is 59.4 Å². The highest BCUT2D eigenvalue weighted by molar-refractivity contribution is 7.92. The van der Waals surface area contributed by atoms with Gasteiger partial charge in [0.05, 0.1) is 11.9 Å². The largest absolute Gasteiger partial charge is 0.348 e. The number of sulfonamides is 1. The molecule has 0 saturated carbocycles. The van der Waals surface area contributed by atoms with Crippen LogP contribution >= 0.6 is 0 Å². The van der Waals surface area contributed by atoms with Gasteiger partial charge in [0.1, 0.15) is 0 Å². The Morgan fingerprint density at radius 3 is 2.68 bits per heavy atom. The summed E-state index contributed by atoms with van der Waals surface area (Å²) in [5, 5.41) is 3.01. The van der Waals surface area contributed by atoms with Gasteiger partial charge in [0.25, 0.3) is 5.91 Å². The van der Waals surface area contributed by atoms with Gasteiger partial charge in [0, 0.05) is 12.2 Å². The van der Waals surface area contributed by atoms with Crippen molar-refractivity contribution >= 4 is 21.6 Å². The lowest BCUT2D eigenvalue weighted by molar-refractivity contribution is 0.0931. The number of nitrogens with zero attached hydrogens (tertiary/aromatic N) is 1. The van der Waals surface area contributed by atoms with Crippen molar-refractivity contribution < 1.29 is 13.2 Å². The Labute approximate surface area is 147 Å². The minimum atomic E-state index is -3.48. The molecular formula is C18H21N3O3S. The number of anilines is 1. The fraction of sp³-hybridized carbons (Fsp3) is 0.333. The molecule has 1 amide bonds. The van der Waals surface area contributed by atoms with E-state index in [2.05, 4.69) is 27.2 Å². The predicted octanol–water partition coefficient (Wildman–Crippen LogP) is 2.13. The number of fused-ring (bicyclic) bond motifs is 1. The summed E-state index contributed by atoms with van der Waals surface area (Å²) in [6.07, 6.45) is 6.17. The van der Waals surface area contributed by atoms with Crippen molar-refractivity contribution in [2.24, 2.45) is 0 Å². The van der Waals surface area contributed by atoms with E-state index in [9.17, 15) is 13.2 Å². The van der Waals surface area contributed by atoms with Crippen LogP contribution in [0, 0.1) is 0 Å². The molecule has 2 N–H and O–H groups in total. The van der Waals surface area contributed by atoms with Gasteiger partial charge in [-0.2, -0.15) is 0 Å². The van der Waals surface area contributed by atoms with Crippen LogP contribution in [0.2, 0.25) is 0 Å². The first-order chi connectivity index (χ1) is 11.9. The molecule has 2 aromatic rings. The lowest BCUT2D eigenvalue weighted by Crippen LogP contribution is -2.37. The number of hydrogen-bond acceptors (Lipinski definition) is 4. The standard InChI is InChI=1S/C18H21N3O3S/c1-25(23,24)21-16-10-5-11-19-17(16)18(22)20-15-9-4-8-13-6-2-3-7-14(13)12-15/h2-3,5-7,10-11,15,21H,4,8-9,12H2,1H3,(H,20,22). The zero-order chi connectivity index (χ0) is 17.9. The number of aromatic nitrogens is 1. The van der Waals surface area contributed by atoms with E-state index in [0.29, 0.717) is 0 Å². The first-order valence-electron chi connectivity index (χ1n) is 8.23. The lowest BCUT2D eigenvalue weighted by Gasteiger charge is -2.18. The summed E-state index contributed by atoms with van der Waals surface area (Å²) in [6.45, 7) is 0. The predicted molar refractivity (Wildman–Crippen MR) is 97.0 cm³/mol. The normalized spacial score (nSPS) is 17.2. The highest BCUT2D eigenvalue weighted by Crippen LogP contribution is 2.21. The van der Waals surface area contributed by atoms with Crippen molar-refractivity contribution in [2.45, 2.75) is 31.7 Å². The van der Waals surface area contributed by atoms with E-state index in [-0.39, 0.29) is 23.3 Å². The number of carbonyl (C=O) groups is 1. The molecule has 0 bridgehead atoms. The second kappa shape index (κ2) is 7.23. The van der Waals surface area contributed by atoms with E-state index in [4.69, 9.17) is 0 Å². The van der Waals surface area contributed by atoms with E-state index in [0.717, 1.165) is 31.9 Å². The summed E-state index contributed by atoms with van der Waals surface area (Å²) in [5.74, 6) is -0.365. The van der Waals surface area contributed by atoms with Crippen LogP contribution < -0.4 is 10.0 Å². The van der Waals surface area contributed by atoms with Crippen LogP contribution in [0.15, 0.2) is 42.6 Å². The second-order valence-corrected chi connectivity index (χ2v) is 8.06. The van der Waals surface area contributed by atoms with Crippen LogP contribution in [0.3, 0.4) is 0 Å². The second-order valence-electron chi connectivity index (χ2n) is 6.31. The molecule has 1 aromatic carbocycles. The topological polar surface area (TPSA) is 88.2 Å². The van der Waals surface area contributed by atoms with Gasteiger partial charge in [-0.15, -0.1) is 0 Å². The van der Waals surface area contributed by atoms with Gasteiger partial charge in [-0.05, 0) is 48.9 Å². The highest BCUT2D eigenvalue weighted by atomic mass is 32.2. The van der Waals surface area contributed by atoms with Gasteiger partial charge in [-0.25, -0.2) is 13.4 Å². The molecule has 1 aliphatic rings. The third kappa shape index (κ3) is 4.57. The maximum absolute atomic E-state index is 12.6. The summed E-state index contributed by atoms with van der Waals surface area (Å²) < 4.78 is 25.3. The van der Waals surface area contributed by atoms with Gasteiger partial charge in [0.15, 0.2) is 5.69 Å². The maximum Gasteiger partial charge on any atom is 0.272 e. The van der Waals surface area contributed by atoms with Gasteiger partial charge in [-0.1, -0.05) is 24.3 Å². The molecule has 25 heavy (non-hydrogen) atoms. The minimum absolute atomic E-state index is 0.00393. The van der Waals surface area contributed by atoms with Gasteiger partial charge < -0.3 is 5.32 Å². The molecule has 3 rings (SSSR count). The molecule has 0 saturated heterocycles. The van der Waals surface area contributed by atoms with Crippen molar-refractivity contribution in [3.8, 4) is 0 Å². The van der Waals surface area contributed by atoms with E-state index in [1.54, 1.807) is 6.07 Å². The third-order valence-electron chi connectivity index (χ3n) is 4.24. The number of aryl methyl sites for hydroxylation is 1. The van der Waals surface area contributed by atoms with E-state index < -0.39 is 10.0 Å². The minimum Gasteiger partial charge on any atom is -0.348 e. The van der Waals surface area contributed by atoms with Crippen LogP contribution in [-0.4, -0.2) is 31.6 Å². The van der Waals surface area contributed by atoms with E-state index >= 15 is 0 Å². The fourth-order valence-corrected chi connectivity index (χ4v) is 3.72. The van der Waals surface area contributed by atoms with Gasteiger partial charge in [0.2, 0.25) is 10.0 Å². The van der Waals surface area contributed by atoms with Crippen molar-refractivity contribution in [1.29, 1.82) is 0 Å². The van der Waals surface area contributed by atoms with Crippen LogP contribution in [0.1, 0.15) is 34.5 Å². The molecule has 1 atom stereocenters. The third-order valence-corrected chi connectivity index (χ3v) is 4.83. The van der Waals surface area contributed by atoms with Crippen molar-refractivity contribution in [1.82, 2.24) is 10.3 Å². The SMILES string of the molecule is CS(=O)(=O)Nc1cccnc1C(=O)NC1CCCc2ccccc2C1. The summed E-state index contributed by atoms with van der Waals surface area (Å²) in [7, 11) is -3.48. The number of carbonyl (C=O) groups excluding carboxylic acids is 1. The van der Waals surface area contributed by atoms with Gasteiger partial charge in [-0.3, -0.25) is 9.52 Å². The molecule has 1 heterocycles. The maximum atomic E-state index is 12.6. The van der Waals surface area contributed by atoms with E-state index in [1.807, 2.05) is 12.1 Å². The molecule has 1 unspecified atom stereocenters. The first-order valence-corrected chi connectivity index (χ1v) is 10.1. The Kier molecular flexibility index (Phi) is 5.03. The molecule has 0 spiro atoms. The molecule has 0 aliphatic heterocycles. The highest BCUT2D eigenvalue weighted by Gasteiger charge is 2.21. The number of nitrogens with one attached hydrogen (secondary N) is 2. The Hall–Kier alpha value is -2.41. The first kappa shape index (κ1) is 17.4. The smallest absolute Gasteiger partial charge is 0.272 e. The quantitative estimate of drug-likeness (QED) is 0.819. The van der Waals surface area contributed by atoms with Crippen LogP contribution in [0.25, 0.3) is 0 Å². The van der Waals surface area contributed by atoms with Gasteiger partial charge >= 0.3 is 0 Å². The fourth-order valence-electron chi connectivity index (χ4n) is 3.15. The summed E-state index contributed by atoms with van der Waals surface area (Å²) in [6, 6.07) is 11.4. The van der Waals surface area contributed by atoms with Crippen molar-refractivity contribution in [2.75, 3.05) is 11.0 Å². The van der Waals surface area contributed by atoms with Crippen LogP contribution in [0.4, 0.5) is 5.69 Å². The molecule has 0 fully saturated rings. The number of rotatable bonds is 4. The van der Waals surface area contributed by atoms with E-state index in [1.165, 1.54) is 23.4 Å². The van der Waals surface area contributed by atoms with Crippen molar-refractivity contribution in [3.63, 3.8) is 0 Å². The van der Waals surface area contributed by atoms with Crippen LogP contribution in [0.5, 0.6) is 0 Å². The molecule has 6 nitrogen and oxygen atoms in total. The summed E-state index contributed by atoms with van der Waals surface area (Å²) >= 11 is 0. The molecule has 1 aromatic heterocycles. The number of hydrogen-bond donors (Lipinski definition) is 2. The average molecular weight is 359 g/mol. The molecule has 132 valence electrons. The van der Waals surface area contributed by atoms with Crippen LogP contribution in [-0.2, 0) is 22.9 Å². The molecule has 0 radical (unpaired) electrons. The number of benzene rings is 1. The average Bonchev–Trinajstić information content (AvgIpc) is 2.75. The monoisotopic (exact) mass is 359 g/mol. The lowest BCUT2D eigenvalue weighted by atomic mass is 10.0. The summed E-state index contributed by atoms with van der Waals surface area (Å²) in [5.41, 5.74) is 2.86. The molecule has 7 heteroatoms. The zero-order valence-corrected chi connectivity index (χ0v) is 14.8. The Bertz CT molecular complexity index is 881. The molecular weight excluding hydrogens is 338 g/mol. The molecule has 1 aliphatic carbocycles.